The van der Waals surface area contributed by atoms with Crippen molar-refractivity contribution in [3.8, 4) is 17.2 Å². The summed E-state index contributed by atoms with van der Waals surface area (Å²) in [5.74, 6) is 1.61. The number of fused-ring (bicyclic) bond motifs is 2. The average molecular weight is 496 g/mol. The number of rotatable bonds is 2. The molecule has 1 amide bonds. The number of piperazine rings is 1. The molecular formula is C27H24F3N3O3. The first-order chi connectivity index (χ1) is 17.2. The number of benzene rings is 3. The highest BCUT2D eigenvalue weighted by Crippen LogP contribution is 2.42. The summed E-state index contributed by atoms with van der Waals surface area (Å²) in [6.45, 7) is 3.43. The number of methoxy groups -OCH3 is 1. The van der Waals surface area contributed by atoms with Gasteiger partial charge in [0.05, 0.1) is 18.2 Å². The zero-order chi connectivity index (χ0) is 25.4. The van der Waals surface area contributed by atoms with E-state index in [0.717, 1.165) is 12.1 Å². The Balaban J connectivity index is 1.45. The SMILES string of the molecule is COc1cccc(C(=O)N2CCN(C3=Nc4ccc(C(F)(F)F)cc4Oc4ccccc43)C[C@@H]2C)c1. The van der Waals surface area contributed by atoms with Gasteiger partial charge < -0.3 is 19.3 Å². The van der Waals surface area contributed by atoms with Crippen LogP contribution in [0, 0.1) is 0 Å². The van der Waals surface area contributed by atoms with Gasteiger partial charge in [-0.3, -0.25) is 4.79 Å². The molecule has 2 aliphatic rings. The minimum atomic E-state index is -4.49. The number of hydrogen-bond acceptors (Lipinski definition) is 5. The fourth-order valence-electron chi connectivity index (χ4n) is 4.51. The standard InChI is InChI=1S/C27H24F3N3O3/c1-17-16-32(12-13-33(17)26(34)18-6-5-7-20(14-18)35-2)25-21-8-3-4-9-23(21)36-24-15-19(27(28,29)30)10-11-22(24)31-25/h3-11,14-15,17H,12-13,16H2,1-2H3/t17-/m0/s1. The van der Waals surface area contributed by atoms with Crippen LogP contribution in [-0.4, -0.2) is 54.3 Å². The molecule has 0 bridgehead atoms. The molecule has 0 N–H and O–H groups in total. The summed E-state index contributed by atoms with van der Waals surface area (Å²) in [5, 5.41) is 0. The first-order valence-electron chi connectivity index (χ1n) is 11.5. The maximum Gasteiger partial charge on any atom is 0.416 e. The number of carbonyl (C=O) groups is 1. The lowest BCUT2D eigenvalue weighted by atomic mass is 10.1. The largest absolute Gasteiger partial charge is 0.497 e. The molecule has 3 aromatic rings. The predicted octanol–water partition coefficient (Wildman–Crippen LogP) is 5.74. The third kappa shape index (κ3) is 4.48. The molecule has 186 valence electrons. The molecule has 6 nitrogen and oxygen atoms in total. The van der Waals surface area contributed by atoms with E-state index in [1.54, 1.807) is 43.5 Å². The Labute approximate surface area is 206 Å². The number of para-hydroxylation sites is 1. The van der Waals surface area contributed by atoms with Crippen molar-refractivity contribution < 1.29 is 27.4 Å². The molecule has 0 spiro atoms. The maximum absolute atomic E-state index is 13.3. The summed E-state index contributed by atoms with van der Waals surface area (Å²) in [6, 6.07) is 17.4. The van der Waals surface area contributed by atoms with Gasteiger partial charge in [-0.2, -0.15) is 13.2 Å². The van der Waals surface area contributed by atoms with E-state index in [4.69, 9.17) is 14.5 Å². The first-order valence-corrected chi connectivity index (χ1v) is 11.5. The molecule has 36 heavy (non-hydrogen) atoms. The molecule has 0 aliphatic carbocycles. The smallest absolute Gasteiger partial charge is 0.416 e. The van der Waals surface area contributed by atoms with Crippen LogP contribution >= 0.6 is 0 Å². The lowest BCUT2D eigenvalue weighted by molar-refractivity contribution is -0.137. The van der Waals surface area contributed by atoms with Crippen LogP contribution in [0.5, 0.6) is 17.2 Å². The molecule has 0 aromatic heterocycles. The van der Waals surface area contributed by atoms with Crippen molar-refractivity contribution in [3.05, 3.63) is 83.4 Å². The van der Waals surface area contributed by atoms with Crippen LogP contribution in [-0.2, 0) is 6.18 Å². The number of amidine groups is 1. The molecule has 3 aromatic carbocycles. The number of nitrogens with zero attached hydrogens (tertiary/aromatic N) is 3. The molecule has 1 atom stereocenters. The summed E-state index contributed by atoms with van der Waals surface area (Å²) in [7, 11) is 1.56. The van der Waals surface area contributed by atoms with Gasteiger partial charge in [-0.25, -0.2) is 4.99 Å². The van der Waals surface area contributed by atoms with Crippen molar-refractivity contribution in [1.82, 2.24) is 9.80 Å². The highest BCUT2D eigenvalue weighted by Gasteiger charge is 2.34. The van der Waals surface area contributed by atoms with Crippen LogP contribution in [0.2, 0.25) is 0 Å². The van der Waals surface area contributed by atoms with Gasteiger partial charge in [-0.05, 0) is 55.5 Å². The van der Waals surface area contributed by atoms with E-state index in [1.807, 2.05) is 24.0 Å². The van der Waals surface area contributed by atoms with Crippen LogP contribution in [0.15, 0.2) is 71.7 Å². The number of halogens is 3. The topological polar surface area (TPSA) is 54.4 Å². The molecule has 0 saturated carbocycles. The fraction of sp³-hybridized carbons (Fsp3) is 0.259. The Bertz CT molecular complexity index is 1340. The predicted molar refractivity (Wildman–Crippen MR) is 129 cm³/mol. The fourth-order valence-corrected chi connectivity index (χ4v) is 4.51. The third-order valence-electron chi connectivity index (χ3n) is 6.37. The van der Waals surface area contributed by atoms with E-state index in [0.29, 0.717) is 53.8 Å². The van der Waals surface area contributed by atoms with E-state index in [1.165, 1.54) is 6.07 Å². The highest BCUT2D eigenvalue weighted by atomic mass is 19.4. The van der Waals surface area contributed by atoms with Crippen molar-refractivity contribution in [3.63, 3.8) is 0 Å². The molecule has 9 heteroatoms. The number of ether oxygens (including phenoxy) is 2. The average Bonchev–Trinajstić information content (AvgIpc) is 3.04. The van der Waals surface area contributed by atoms with Gasteiger partial charge in [-0.1, -0.05) is 18.2 Å². The minimum Gasteiger partial charge on any atom is -0.497 e. The van der Waals surface area contributed by atoms with Crippen LogP contribution in [0.25, 0.3) is 0 Å². The van der Waals surface area contributed by atoms with Gasteiger partial charge in [0.15, 0.2) is 5.75 Å². The van der Waals surface area contributed by atoms with Gasteiger partial charge in [0.2, 0.25) is 0 Å². The van der Waals surface area contributed by atoms with E-state index in [9.17, 15) is 18.0 Å². The zero-order valence-corrected chi connectivity index (χ0v) is 19.7. The lowest BCUT2D eigenvalue weighted by Crippen LogP contribution is -2.55. The summed E-state index contributed by atoms with van der Waals surface area (Å²) in [6.07, 6.45) is -4.49. The van der Waals surface area contributed by atoms with Gasteiger partial charge in [0.1, 0.15) is 23.0 Å². The number of amides is 1. The summed E-state index contributed by atoms with van der Waals surface area (Å²) in [4.78, 5) is 21.8. The number of hydrogen-bond donors (Lipinski definition) is 0. The Kier molecular flexibility index (Phi) is 6.07. The second kappa shape index (κ2) is 9.22. The van der Waals surface area contributed by atoms with Crippen molar-refractivity contribution in [2.75, 3.05) is 26.7 Å². The van der Waals surface area contributed by atoms with E-state index < -0.39 is 11.7 Å². The quantitative estimate of drug-likeness (QED) is 0.455. The van der Waals surface area contributed by atoms with E-state index >= 15 is 0 Å². The summed E-state index contributed by atoms with van der Waals surface area (Å²) in [5.41, 5.74) is 0.754. The van der Waals surface area contributed by atoms with Gasteiger partial charge in [0, 0.05) is 31.2 Å². The van der Waals surface area contributed by atoms with Crippen molar-refractivity contribution >= 4 is 17.4 Å². The van der Waals surface area contributed by atoms with Crippen LogP contribution < -0.4 is 9.47 Å². The normalized spacial score (nSPS) is 17.4. The molecule has 5 rings (SSSR count). The second-order valence-electron chi connectivity index (χ2n) is 8.74. The molecular weight excluding hydrogens is 471 g/mol. The molecule has 1 saturated heterocycles. The molecule has 2 aliphatic heterocycles. The minimum absolute atomic E-state index is 0.0483. The monoisotopic (exact) mass is 495 g/mol. The lowest BCUT2D eigenvalue weighted by Gasteiger charge is -2.41. The summed E-state index contributed by atoms with van der Waals surface area (Å²) < 4.78 is 51.0. The number of carbonyl (C=O) groups excluding carboxylic acids is 1. The zero-order valence-electron chi connectivity index (χ0n) is 19.7. The van der Waals surface area contributed by atoms with Crippen LogP contribution in [0.1, 0.15) is 28.4 Å². The molecule has 0 radical (unpaired) electrons. The van der Waals surface area contributed by atoms with Crippen LogP contribution in [0.4, 0.5) is 18.9 Å². The van der Waals surface area contributed by atoms with E-state index in [2.05, 4.69) is 4.90 Å². The molecule has 2 heterocycles. The van der Waals surface area contributed by atoms with Gasteiger partial charge >= 0.3 is 6.18 Å². The van der Waals surface area contributed by atoms with Gasteiger partial charge in [-0.15, -0.1) is 0 Å². The van der Waals surface area contributed by atoms with Crippen LogP contribution in [0.3, 0.4) is 0 Å². The number of aliphatic imine (C=N–C) groups is 1. The van der Waals surface area contributed by atoms with Crippen molar-refractivity contribution in [2.45, 2.75) is 19.1 Å². The maximum atomic E-state index is 13.3. The highest BCUT2D eigenvalue weighted by molar-refractivity contribution is 6.04. The Hall–Kier alpha value is -4.01. The molecule has 1 fully saturated rings. The summed E-state index contributed by atoms with van der Waals surface area (Å²) >= 11 is 0. The van der Waals surface area contributed by atoms with Gasteiger partial charge in [0.25, 0.3) is 5.91 Å². The first kappa shape index (κ1) is 23.7. The van der Waals surface area contributed by atoms with E-state index in [-0.39, 0.29) is 17.7 Å². The Morgan fingerprint density at radius 2 is 1.83 bits per heavy atom. The third-order valence-corrected chi connectivity index (χ3v) is 6.37. The number of alkyl halides is 3. The second-order valence-corrected chi connectivity index (χ2v) is 8.74. The molecule has 0 unspecified atom stereocenters. The van der Waals surface area contributed by atoms with Crippen molar-refractivity contribution in [1.29, 1.82) is 0 Å². The van der Waals surface area contributed by atoms with Crippen molar-refractivity contribution in [2.24, 2.45) is 4.99 Å². The Morgan fingerprint density at radius 1 is 1.03 bits per heavy atom. The Morgan fingerprint density at radius 3 is 2.58 bits per heavy atom.